The van der Waals surface area contributed by atoms with E-state index in [4.69, 9.17) is 10.5 Å². The van der Waals surface area contributed by atoms with Gasteiger partial charge in [-0.2, -0.15) is 10.5 Å². The van der Waals surface area contributed by atoms with Crippen LogP contribution in [0.5, 0.6) is 0 Å². The zero-order valence-corrected chi connectivity index (χ0v) is 14.0. The van der Waals surface area contributed by atoms with Crippen molar-refractivity contribution in [3.63, 3.8) is 0 Å². The Labute approximate surface area is 151 Å². The molecular formula is C18H16N8. The molecule has 0 aliphatic carbocycles. The molecule has 0 amide bonds. The highest BCUT2D eigenvalue weighted by Gasteiger charge is 2.14. The normalized spacial score (nSPS) is 14.5. The van der Waals surface area contributed by atoms with Crippen molar-refractivity contribution in [1.82, 2.24) is 10.0 Å². The van der Waals surface area contributed by atoms with Crippen molar-refractivity contribution in [2.24, 2.45) is 20.7 Å². The van der Waals surface area contributed by atoms with Crippen LogP contribution < -0.4 is 0 Å². The van der Waals surface area contributed by atoms with E-state index in [0.717, 1.165) is 0 Å². The van der Waals surface area contributed by atoms with Crippen LogP contribution in [-0.4, -0.2) is 36.2 Å². The van der Waals surface area contributed by atoms with Crippen molar-refractivity contribution in [3.05, 3.63) is 59.7 Å². The maximum atomic E-state index is 8.78. The molecule has 2 aromatic rings. The Balaban J connectivity index is 1.49. The van der Waals surface area contributed by atoms with Gasteiger partial charge < -0.3 is 0 Å². The molecule has 0 unspecified atom stereocenters. The molecule has 1 heterocycles. The summed E-state index contributed by atoms with van der Waals surface area (Å²) >= 11 is 0. The first-order valence-corrected chi connectivity index (χ1v) is 8.10. The van der Waals surface area contributed by atoms with Gasteiger partial charge >= 0.3 is 0 Å². The van der Waals surface area contributed by atoms with Crippen molar-refractivity contribution >= 4 is 11.4 Å². The van der Waals surface area contributed by atoms with Crippen molar-refractivity contribution in [2.45, 2.75) is 0 Å². The number of rotatable bonds is 4. The van der Waals surface area contributed by atoms with E-state index in [1.807, 2.05) is 10.0 Å². The number of benzene rings is 2. The van der Waals surface area contributed by atoms with Gasteiger partial charge in [0.15, 0.2) is 0 Å². The molecule has 8 nitrogen and oxygen atoms in total. The van der Waals surface area contributed by atoms with Crippen LogP contribution in [0.4, 0.5) is 11.4 Å². The van der Waals surface area contributed by atoms with E-state index in [9.17, 15) is 0 Å². The Hall–Kier alpha value is -3.78. The lowest BCUT2D eigenvalue weighted by Crippen LogP contribution is -2.40. The lowest BCUT2D eigenvalue weighted by atomic mass is 10.2. The first kappa shape index (κ1) is 17.1. The van der Waals surface area contributed by atoms with E-state index in [1.54, 1.807) is 48.5 Å². The summed E-state index contributed by atoms with van der Waals surface area (Å²) in [4.78, 5) is 0. The third kappa shape index (κ3) is 4.62. The van der Waals surface area contributed by atoms with Crippen LogP contribution in [0, 0.1) is 22.7 Å². The van der Waals surface area contributed by atoms with Crippen LogP contribution in [0.25, 0.3) is 0 Å². The molecule has 0 atom stereocenters. The number of piperazine rings is 1. The molecule has 1 fully saturated rings. The fourth-order valence-corrected chi connectivity index (χ4v) is 2.30. The highest BCUT2D eigenvalue weighted by atomic mass is 15.6. The van der Waals surface area contributed by atoms with Crippen LogP contribution >= 0.6 is 0 Å². The van der Waals surface area contributed by atoms with E-state index in [1.165, 1.54) is 0 Å². The van der Waals surface area contributed by atoms with Gasteiger partial charge in [0, 0.05) is 0 Å². The summed E-state index contributed by atoms with van der Waals surface area (Å²) in [5.41, 5.74) is 2.63. The third-order valence-electron chi connectivity index (χ3n) is 3.80. The fourth-order valence-electron chi connectivity index (χ4n) is 2.30. The molecule has 0 N–H and O–H groups in total. The standard InChI is InChI=1S/C18H16N8/c19-13-15-1-5-17(6-2-15)21-23-25-9-11-26(12-10-25)24-22-18-7-3-16(14-20)4-8-18/h1-8H,9-12H2. The van der Waals surface area contributed by atoms with Crippen LogP contribution in [0.15, 0.2) is 69.2 Å². The maximum Gasteiger partial charge on any atom is 0.0991 e. The minimum atomic E-state index is 0.602. The molecule has 0 saturated carbocycles. The first-order chi connectivity index (χ1) is 12.8. The van der Waals surface area contributed by atoms with Crippen molar-refractivity contribution in [1.29, 1.82) is 10.5 Å². The van der Waals surface area contributed by atoms with Gasteiger partial charge in [0.25, 0.3) is 0 Å². The van der Waals surface area contributed by atoms with E-state index >= 15 is 0 Å². The topological polar surface area (TPSA) is 104 Å². The van der Waals surface area contributed by atoms with E-state index in [-0.39, 0.29) is 0 Å². The number of hydrogen-bond acceptors (Lipinski definition) is 6. The highest BCUT2D eigenvalue weighted by molar-refractivity contribution is 5.42. The number of hydrogen-bond donors (Lipinski definition) is 0. The Morgan fingerprint density at radius 3 is 1.27 bits per heavy atom. The van der Waals surface area contributed by atoms with Gasteiger partial charge in [-0.15, -0.1) is 10.2 Å². The molecular weight excluding hydrogens is 328 g/mol. The van der Waals surface area contributed by atoms with Crippen LogP contribution in [0.3, 0.4) is 0 Å². The molecule has 0 radical (unpaired) electrons. The van der Waals surface area contributed by atoms with Crippen LogP contribution in [0.2, 0.25) is 0 Å². The molecule has 0 spiro atoms. The fraction of sp³-hybridized carbons (Fsp3) is 0.222. The van der Waals surface area contributed by atoms with Gasteiger partial charge in [-0.1, -0.05) is 10.4 Å². The molecule has 1 saturated heterocycles. The third-order valence-corrected chi connectivity index (χ3v) is 3.80. The second-order valence-corrected chi connectivity index (χ2v) is 5.60. The highest BCUT2D eigenvalue weighted by Crippen LogP contribution is 2.16. The van der Waals surface area contributed by atoms with Gasteiger partial charge in [-0.05, 0) is 48.5 Å². The minimum absolute atomic E-state index is 0.602. The predicted octanol–water partition coefficient (Wildman–Crippen LogP) is 3.75. The molecule has 26 heavy (non-hydrogen) atoms. The van der Waals surface area contributed by atoms with Crippen molar-refractivity contribution < 1.29 is 0 Å². The molecule has 1 aliphatic heterocycles. The maximum absolute atomic E-state index is 8.78. The molecule has 0 bridgehead atoms. The van der Waals surface area contributed by atoms with Gasteiger partial charge in [0.2, 0.25) is 0 Å². The summed E-state index contributed by atoms with van der Waals surface area (Å²) < 4.78 is 0. The van der Waals surface area contributed by atoms with Gasteiger partial charge in [-0.25, -0.2) is 0 Å². The Bertz CT molecular complexity index is 788. The van der Waals surface area contributed by atoms with Gasteiger partial charge in [0.05, 0.1) is 60.8 Å². The summed E-state index contributed by atoms with van der Waals surface area (Å²) in [5.74, 6) is 0. The van der Waals surface area contributed by atoms with Crippen molar-refractivity contribution in [3.8, 4) is 12.1 Å². The second-order valence-electron chi connectivity index (χ2n) is 5.60. The van der Waals surface area contributed by atoms with Gasteiger partial charge in [-0.3, -0.25) is 10.0 Å². The average Bonchev–Trinajstić information content (AvgIpc) is 2.72. The van der Waals surface area contributed by atoms with E-state index in [0.29, 0.717) is 48.7 Å². The van der Waals surface area contributed by atoms with Crippen LogP contribution in [-0.2, 0) is 0 Å². The molecule has 3 rings (SSSR count). The summed E-state index contributed by atoms with van der Waals surface area (Å²) in [6.45, 7) is 2.80. The summed E-state index contributed by atoms with van der Waals surface area (Å²) in [6.07, 6.45) is 0. The van der Waals surface area contributed by atoms with Crippen LogP contribution in [0.1, 0.15) is 11.1 Å². The Morgan fingerprint density at radius 1 is 0.615 bits per heavy atom. The predicted molar refractivity (Wildman–Crippen MR) is 94.5 cm³/mol. The Morgan fingerprint density at radius 2 is 0.962 bits per heavy atom. The smallest absolute Gasteiger partial charge is 0.0991 e. The second kappa shape index (κ2) is 8.36. The molecule has 128 valence electrons. The van der Waals surface area contributed by atoms with E-state index in [2.05, 4.69) is 32.8 Å². The summed E-state index contributed by atoms with van der Waals surface area (Å²) in [7, 11) is 0. The largest absolute Gasteiger partial charge is 0.275 e. The molecule has 1 aliphatic rings. The lowest BCUT2D eigenvalue weighted by molar-refractivity contribution is 0.126. The summed E-state index contributed by atoms with van der Waals surface area (Å²) in [6, 6.07) is 18.1. The molecule has 0 aromatic heterocycles. The molecule has 2 aromatic carbocycles. The number of nitriles is 2. The monoisotopic (exact) mass is 344 g/mol. The number of nitrogens with zero attached hydrogens (tertiary/aromatic N) is 8. The zero-order chi connectivity index (χ0) is 18.2. The lowest BCUT2D eigenvalue weighted by Gasteiger charge is -2.29. The SMILES string of the molecule is N#Cc1ccc(N=NN2CCN(N=Nc3ccc(C#N)cc3)CC2)cc1. The first-order valence-electron chi connectivity index (χ1n) is 8.10. The zero-order valence-electron chi connectivity index (χ0n) is 14.0. The summed E-state index contributed by atoms with van der Waals surface area (Å²) in [5, 5.41) is 38.1. The van der Waals surface area contributed by atoms with Crippen molar-refractivity contribution in [2.75, 3.05) is 26.2 Å². The quantitative estimate of drug-likeness (QED) is 0.788. The molecule has 8 heteroatoms. The van der Waals surface area contributed by atoms with E-state index < -0.39 is 0 Å². The van der Waals surface area contributed by atoms with Gasteiger partial charge in [0.1, 0.15) is 0 Å². The minimum Gasteiger partial charge on any atom is -0.275 e. The average molecular weight is 344 g/mol. The Kier molecular flexibility index (Phi) is 5.48.